The summed E-state index contributed by atoms with van der Waals surface area (Å²) in [6.45, 7) is 3.79. The SMILES string of the molecule is CCOC(=O)NC(Cc1ccccc1)CC(c1ccc(Cl)c(Cl)c1)C(O)N1CCCCC1.CNC(=O)c1ccccc1.Cl. The highest BCUT2D eigenvalue weighted by Gasteiger charge is 2.31. The number of carbonyl (C=O) groups excluding carboxylic acids is 2. The minimum atomic E-state index is -0.685. The Balaban J connectivity index is 0.000000498. The third-order valence-electron chi connectivity index (χ3n) is 7.22. The Labute approximate surface area is 271 Å². The Morgan fingerprint density at radius 2 is 1.56 bits per heavy atom. The summed E-state index contributed by atoms with van der Waals surface area (Å²) in [4.78, 5) is 25.3. The van der Waals surface area contributed by atoms with Gasteiger partial charge in [0.15, 0.2) is 0 Å². The van der Waals surface area contributed by atoms with Crippen LogP contribution < -0.4 is 10.6 Å². The lowest BCUT2D eigenvalue weighted by molar-refractivity contribution is -0.0310. The molecule has 3 aromatic carbocycles. The number of piperidine rings is 1. The van der Waals surface area contributed by atoms with Crippen LogP contribution in [0.2, 0.25) is 10.0 Å². The van der Waals surface area contributed by atoms with Crippen LogP contribution in [-0.2, 0) is 11.2 Å². The molecular weight excluding hydrogens is 609 g/mol. The van der Waals surface area contributed by atoms with Crippen molar-refractivity contribution < 1.29 is 19.4 Å². The van der Waals surface area contributed by atoms with Crippen LogP contribution in [0.4, 0.5) is 4.79 Å². The number of carbonyl (C=O) groups is 2. The van der Waals surface area contributed by atoms with E-state index >= 15 is 0 Å². The van der Waals surface area contributed by atoms with Crippen LogP contribution in [0, 0.1) is 0 Å². The quantitative estimate of drug-likeness (QED) is 0.218. The number of nitrogens with zero attached hydrogens (tertiary/aromatic N) is 1. The molecule has 10 heteroatoms. The van der Waals surface area contributed by atoms with Gasteiger partial charge in [0, 0.05) is 37.7 Å². The van der Waals surface area contributed by atoms with Gasteiger partial charge in [-0.3, -0.25) is 9.69 Å². The fraction of sp³-hybridized carbons (Fsp3) is 0.394. The van der Waals surface area contributed by atoms with Crippen molar-refractivity contribution >= 4 is 47.6 Å². The molecule has 3 aromatic rings. The Morgan fingerprint density at radius 3 is 2.14 bits per heavy atom. The highest BCUT2D eigenvalue weighted by molar-refractivity contribution is 6.42. The first-order valence-electron chi connectivity index (χ1n) is 14.4. The molecule has 1 aliphatic heterocycles. The second kappa shape index (κ2) is 19.5. The fourth-order valence-corrected chi connectivity index (χ4v) is 5.39. The lowest BCUT2D eigenvalue weighted by Gasteiger charge is -2.37. The number of rotatable bonds is 10. The molecule has 3 unspecified atom stereocenters. The summed E-state index contributed by atoms with van der Waals surface area (Å²) >= 11 is 12.5. The van der Waals surface area contributed by atoms with E-state index in [4.69, 9.17) is 27.9 Å². The van der Waals surface area contributed by atoms with Gasteiger partial charge < -0.3 is 20.5 Å². The van der Waals surface area contributed by atoms with Crippen LogP contribution in [0.5, 0.6) is 0 Å². The summed E-state index contributed by atoms with van der Waals surface area (Å²) in [6, 6.07) is 24.4. The number of benzene rings is 3. The van der Waals surface area contributed by atoms with E-state index in [9.17, 15) is 14.7 Å². The van der Waals surface area contributed by atoms with Gasteiger partial charge in [-0.15, -0.1) is 12.4 Å². The Kier molecular flexibility index (Phi) is 16.5. The molecule has 0 bridgehead atoms. The molecule has 0 aromatic heterocycles. The number of hydrogen-bond donors (Lipinski definition) is 3. The van der Waals surface area contributed by atoms with Crippen molar-refractivity contribution in [1.82, 2.24) is 15.5 Å². The molecule has 1 aliphatic rings. The third-order valence-corrected chi connectivity index (χ3v) is 7.96. The first-order chi connectivity index (χ1) is 20.3. The number of alkyl carbamates (subject to hydrolysis) is 1. The number of halogens is 3. The zero-order valence-corrected chi connectivity index (χ0v) is 27.0. The van der Waals surface area contributed by atoms with E-state index < -0.39 is 12.3 Å². The zero-order chi connectivity index (χ0) is 30.3. The van der Waals surface area contributed by atoms with Crippen LogP contribution in [0.25, 0.3) is 0 Å². The van der Waals surface area contributed by atoms with E-state index in [-0.39, 0.29) is 30.3 Å². The molecule has 7 nitrogen and oxygen atoms in total. The van der Waals surface area contributed by atoms with Gasteiger partial charge in [0.2, 0.25) is 0 Å². The number of nitrogens with one attached hydrogen (secondary N) is 2. The molecule has 0 radical (unpaired) electrons. The van der Waals surface area contributed by atoms with Crippen molar-refractivity contribution in [2.75, 3.05) is 26.7 Å². The molecule has 234 valence electrons. The molecule has 3 atom stereocenters. The Hall–Kier alpha value is -2.81. The summed E-state index contributed by atoms with van der Waals surface area (Å²) in [5, 5.41) is 17.9. The number of ether oxygens (including phenoxy) is 1. The van der Waals surface area contributed by atoms with Crippen molar-refractivity contribution in [1.29, 1.82) is 0 Å². The number of aliphatic hydroxyl groups is 1. The second-order valence-corrected chi connectivity index (χ2v) is 11.0. The van der Waals surface area contributed by atoms with Crippen molar-refractivity contribution in [2.45, 2.75) is 57.2 Å². The van der Waals surface area contributed by atoms with Crippen LogP contribution in [0.1, 0.15) is 60.0 Å². The first-order valence-corrected chi connectivity index (χ1v) is 15.2. The summed E-state index contributed by atoms with van der Waals surface area (Å²) in [5.41, 5.74) is 2.71. The molecule has 1 heterocycles. The largest absolute Gasteiger partial charge is 0.450 e. The van der Waals surface area contributed by atoms with Gasteiger partial charge in [-0.2, -0.15) is 0 Å². The van der Waals surface area contributed by atoms with E-state index in [1.54, 1.807) is 32.2 Å². The van der Waals surface area contributed by atoms with Crippen molar-refractivity contribution in [3.8, 4) is 0 Å². The van der Waals surface area contributed by atoms with E-state index in [0.29, 0.717) is 35.1 Å². The summed E-state index contributed by atoms with van der Waals surface area (Å²) in [5.74, 6) is -0.292. The van der Waals surface area contributed by atoms with E-state index in [1.165, 1.54) is 6.42 Å². The van der Waals surface area contributed by atoms with E-state index in [1.807, 2.05) is 60.7 Å². The average molecular weight is 651 g/mol. The monoisotopic (exact) mass is 649 g/mol. The van der Waals surface area contributed by atoms with Crippen molar-refractivity contribution in [2.24, 2.45) is 0 Å². The number of likely N-dealkylation sites (tertiary alicyclic amines) is 1. The molecule has 3 N–H and O–H groups in total. The van der Waals surface area contributed by atoms with Crippen LogP contribution in [0.15, 0.2) is 78.9 Å². The van der Waals surface area contributed by atoms with Gasteiger partial charge in [0.05, 0.1) is 16.7 Å². The molecule has 0 saturated carbocycles. The highest BCUT2D eigenvalue weighted by Crippen LogP contribution is 2.33. The normalized spacial score (nSPS) is 15.0. The summed E-state index contributed by atoms with van der Waals surface area (Å²) in [7, 11) is 1.62. The molecule has 1 fully saturated rings. The molecule has 1 saturated heterocycles. The van der Waals surface area contributed by atoms with E-state index in [2.05, 4.69) is 15.5 Å². The van der Waals surface area contributed by atoms with Gasteiger partial charge in [-0.05, 0) is 68.0 Å². The molecule has 0 spiro atoms. The third kappa shape index (κ3) is 12.0. The lowest BCUT2D eigenvalue weighted by atomic mass is 9.87. The highest BCUT2D eigenvalue weighted by atomic mass is 35.5. The second-order valence-electron chi connectivity index (χ2n) is 10.2. The maximum Gasteiger partial charge on any atom is 0.407 e. The number of aliphatic hydroxyl groups excluding tert-OH is 1. The van der Waals surface area contributed by atoms with Crippen molar-refractivity contribution in [3.63, 3.8) is 0 Å². The zero-order valence-electron chi connectivity index (χ0n) is 24.7. The summed E-state index contributed by atoms with van der Waals surface area (Å²) < 4.78 is 5.15. The predicted octanol–water partition coefficient (Wildman–Crippen LogP) is 7.10. The maximum absolute atomic E-state index is 12.3. The summed E-state index contributed by atoms with van der Waals surface area (Å²) in [6.07, 6.45) is 3.35. The molecule has 43 heavy (non-hydrogen) atoms. The van der Waals surface area contributed by atoms with Gasteiger partial charge in [0.1, 0.15) is 6.23 Å². The molecule has 2 amide bonds. The Morgan fingerprint density at radius 1 is 0.930 bits per heavy atom. The topological polar surface area (TPSA) is 90.9 Å². The van der Waals surface area contributed by atoms with Crippen molar-refractivity contribution in [3.05, 3.63) is 106 Å². The minimum absolute atomic E-state index is 0. The van der Waals surface area contributed by atoms with Gasteiger partial charge in [-0.1, -0.05) is 84.2 Å². The standard InChI is InChI=1S/C25H32Cl2N2O3.C8H9NO.ClH/c1-2-32-25(31)28-20(15-18-9-5-3-6-10-18)17-21(19-11-12-22(26)23(27)16-19)24(30)29-13-7-4-8-14-29;1-9-8(10)7-5-3-2-4-6-7;/h3,5-6,9-12,16,20-21,24,30H,2,4,7-8,13-15,17H2,1H3,(H,28,31);2-6H,1H3,(H,9,10);1H. The van der Waals surface area contributed by atoms with E-state index in [0.717, 1.165) is 37.1 Å². The number of amides is 2. The number of hydrogen-bond acceptors (Lipinski definition) is 5. The molecular formula is C33H42Cl3N3O4. The smallest absolute Gasteiger partial charge is 0.407 e. The predicted molar refractivity (Wildman–Crippen MR) is 176 cm³/mol. The fourth-order valence-electron chi connectivity index (χ4n) is 5.08. The minimum Gasteiger partial charge on any atom is -0.450 e. The van der Waals surface area contributed by atoms with Crippen LogP contribution >= 0.6 is 35.6 Å². The lowest BCUT2D eigenvalue weighted by Crippen LogP contribution is -2.45. The van der Waals surface area contributed by atoms with Crippen LogP contribution in [0.3, 0.4) is 0 Å². The maximum atomic E-state index is 12.3. The molecule has 0 aliphatic carbocycles. The van der Waals surface area contributed by atoms with Crippen LogP contribution in [-0.4, -0.2) is 61.0 Å². The van der Waals surface area contributed by atoms with Gasteiger partial charge in [-0.25, -0.2) is 4.79 Å². The Bertz CT molecular complexity index is 1240. The van der Waals surface area contributed by atoms with Gasteiger partial charge in [0.25, 0.3) is 5.91 Å². The first kappa shape index (κ1) is 36.4. The average Bonchev–Trinajstić information content (AvgIpc) is 3.02. The molecule has 4 rings (SSSR count). The van der Waals surface area contributed by atoms with Gasteiger partial charge >= 0.3 is 6.09 Å².